The van der Waals surface area contributed by atoms with E-state index in [-0.39, 0.29) is 12.2 Å². The zero-order valence-corrected chi connectivity index (χ0v) is 11.8. The lowest BCUT2D eigenvalue weighted by atomic mass is 9.96. The van der Waals surface area contributed by atoms with E-state index in [1.807, 2.05) is 0 Å². The van der Waals surface area contributed by atoms with E-state index in [4.69, 9.17) is 9.47 Å². The Morgan fingerprint density at radius 3 is 3.00 bits per heavy atom. The molecule has 4 aliphatic rings. The molecule has 5 nitrogen and oxygen atoms in total. The number of hydrazine groups is 1. The van der Waals surface area contributed by atoms with Crippen LogP contribution < -0.4 is 5.43 Å². The molecule has 2 saturated heterocycles. The molecule has 0 spiro atoms. The molecule has 1 unspecified atom stereocenters. The van der Waals surface area contributed by atoms with Crippen LogP contribution in [0.25, 0.3) is 0 Å². The molecule has 1 N–H and O–H groups in total. The molecule has 2 fully saturated rings. The first kappa shape index (κ1) is 12.6. The van der Waals surface area contributed by atoms with Gasteiger partial charge < -0.3 is 19.4 Å². The minimum absolute atomic E-state index is 0.0372. The van der Waals surface area contributed by atoms with Gasteiger partial charge in [-0.1, -0.05) is 24.3 Å². The molecule has 1 aliphatic carbocycles. The van der Waals surface area contributed by atoms with Crippen molar-refractivity contribution in [3.05, 3.63) is 35.6 Å². The third-order valence-corrected chi connectivity index (χ3v) is 4.42. The van der Waals surface area contributed by atoms with E-state index < -0.39 is 0 Å². The fourth-order valence-electron chi connectivity index (χ4n) is 3.42. The van der Waals surface area contributed by atoms with E-state index in [1.54, 1.807) is 0 Å². The lowest BCUT2D eigenvalue weighted by Crippen LogP contribution is -2.53. The molecule has 0 saturated carbocycles. The van der Waals surface area contributed by atoms with Crippen LogP contribution in [-0.2, 0) is 9.47 Å². The van der Waals surface area contributed by atoms with Gasteiger partial charge in [-0.15, -0.1) is 0 Å². The molecule has 3 atom stereocenters. The largest absolute Gasteiger partial charge is 0.372 e. The minimum Gasteiger partial charge on any atom is -0.372 e. The SMILES string of the molecule is CN1CCO[C@@H]([C@@H]2OCCN3NC4C=CC=CC4=C23)C1. The molecule has 3 aliphatic heterocycles. The summed E-state index contributed by atoms with van der Waals surface area (Å²) in [7, 11) is 2.15. The number of nitrogens with one attached hydrogen (secondary N) is 1. The molecule has 0 aromatic rings. The Hall–Kier alpha value is -1.14. The first-order valence-corrected chi connectivity index (χ1v) is 7.37. The number of likely N-dealkylation sites (N-methyl/N-ethyl adjacent to an activating group) is 1. The van der Waals surface area contributed by atoms with Crippen LogP contribution in [0.15, 0.2) is 35.6 Å². The normalized spacial score (nSPS) is 37.2. The number of hydrogen-bond acceptors (Lipinski definition) is 5. The summed E-state index contributed by atoms with van der Waals surface area (Å²) in [6, 6.07) is 0.292. The maximum atomic E-state index is 6.08. The molecule has 0 aromatic heterocycles. The molecular weight excluding hydrogens is 254 g/mol. The summed E-state index contributed by atoms with van der Waals surface area (Å²) < 4.78 is 12.1. The average molecular weight is 275 g/mol. The maximum absolute atomic E-state index is 6.08. The summed E-state index contributed by atoms with van der Waals surface area (Å²) in [5.74, 6) is 0. The van der Waals surface area contributed by atoms with Crippen LogP contribution >= 0.6 is 0 Å². The van der Waals surface area contributed by atoms with Crippen LogP contribution in [0.2, 0.25) is 0 Å². The van der Waals surface area contributed by atoms with Crippen molar-refractivity contribution in [2.24, 2.45) is 0 Å². The van der Waals surface area contributed by atoms with Gasteiger partial charge in [-0.3, -0.25) is 0 Å². The van der Waals surface area contributed by atoms with E-state index in [0.717, 1.165) is 32.8 Å². The summed E-state index contributed by atoms with van der Waals surface area (Å²) in [6.45, 7) is 4.37. The Labute approximate surface area is 119 Å². The highest BCUT2D eigenvalue weighted by Crippen LogP contribution is 2.33. The second-order valence-corrected chi connectivity index (χ2v) is 5.81. The number of ether oxygens (including phenoxy) is 2. The van der Waals surface area contributed by atoms with Crippen molar-refractivity contribution in [1.29, 1.82) is 0 Å². The van der Waals surface area contributed by atoms with Crippen molar-refractivity contribution in [3.8, 4) is 0 Å². The van der Waals surface area contributed by atoms with Crippen LogP contribution in [-0.4, -0.2) is 68.1 Å². The van der Waals surface area contributed by atoms with Crippen molar-refractivity contribution < 1.29 is 9.47 Å². The highest BCUT2D eigenvalue weighted by atomic mass is 16.5. The Bertz CT molecular complexity index is 486. The van der Waals surface area contributed by atoms with Gasteiger partial charge in [0.15, 0.2) is 0 Å². The van der Waals surface area contributed by atoms with E-state index in [0.29, 0.717) is 6.04 Å². The van der Waals surface area contributed by atoms with E-state index in [1.165, 1.54) is 11.3 Å². The van der Waals surface area contributed by atoms with Crippen molar-refractivity contribution in [2.75, 3.05) is 39.9 Å². The zero-order valence-electron chi connectivity index (χ0n) is 11.8. The van der Waals surface area contributed by atoms with Crippen molar-refractivity contribution >= 4 is 0 Å². The summed E-state index contributed by atoms with van der Waals surface area (Å²) in [5.41, 5.74) is 6.14. The molecule has 3 heterocycles. The Balaban J connectivity index is 1.65. The van der Waals surface area contributed by atoms with Crippen molar-refractivity contribution in [2.45, 2.75) is 18.2 Å². The average Bonchev–Trinajstić information content (AvgIpc) is 2.85. The third-order valence-electron chi connectivity index (χ3n) is 4.42. The topological polar surface area (TPSA) is 37.0 Å². The van der Waals surface area contributed by atoms with Gasteiger partial charge in [-0.25, -0.2) is 5.43 Å². The number of nitrogens with zero attached hydrogens (tertiary/aromatic N) is 2. The Morgan fingerprint density at radius 2 is 2.10 bits per heavy atom. The highest BCUT2D eigenvalue weighted by Gasteiger charge is 2.41. The number of morpholine rings is 2. The maximum Gasteiger partial charge on any atom is 0.126 e. The van der Waals surface area contributed by atoms with Gasteiger partial charge in [0.05, 0.1) is 31.5 Å². The molecule has 0 aromatic carbocycles. The predicted octanol–water partition coefficient (Wildman–Crippen LogP) is 0.285. The molecule has 0 amide bonds. The van der Waals surface area contributed by atoms with Crippen LogP contribution in [0.5, 0.6) is 0 Å². The molecule has 0 radical (unpaired) electrons. The highest BCUT2D eigenvalue weighted by molar-refractivity contribution is 5.44. The standard InChI is InChI=1S/C15H21N3O2/c1-17-6-8-19-13(10-17)15-14-11-4-2-3-5-12(11)16-18(14)7-9-20-15/h2-5,12-13,15-16H,6-10H2,1H3/t12?,13-,15+/m1/s1. The lowest BCUT2D eigenvalue weighted by Gasteiger charge is -2.41. The van der Waals surface area contributed by atoms with Gasteiger partial charge >= 0.3 is 0 Å². The van der Waals surface area contributed by atoms with Crippen molar-refractivity contribution in [3.63, 3.8) is 0 Å². The fraction of sp³-hybridized carbons (Fsp3) is 0.600. The van der Waals surface area contributed by atoms with E-state index in [2.05, 4.69) is 46.7 Å². The molecular formula is C15H21N3O2. The molecule has 0 bridgehead atoms. The summed E-state index contributed by atoms with van der Waals surface area (Å²) in [5, 5.41) is 2.26. The summed E-state index contributed by atoms with van der Waals surface area (Å²) in [4.78, 5) is 2.32. The number of allylic oxidation sites excluding steroid dienone is 2. The number of rotatable bonds is 1. The smallest absolute Gasteiger partial charge is 0.126 e. The van der Waals surface area contributed by atoms with Gasteiger partial charge in [0.2, 0.25) is 0 Å². The van der Waals surface area contributed by atoms with Crippen LogP contribution in [0.3, 0.4) is 0 Å². The fourth-order valence-corrected chi connectivity index (χ4v) is 3.42. The quantitative estimate of drug-likeness (QED) is 0.744. The first-order valence-electron chi connectivity index (χ1n) is 7.37. The summed E-state index contributed by atoms with van der Waals surface area (Å²) in [6.07, 6.45) is 8.76. The molecule has 20 heavy (non-hydrogen) atoms. The van der Waals surface area contributed by atoms with Gasteiger partial charge in [0.1, 0.15) is 12.2 Å². The molecule has 4 rings (SSSR count). The molecule has 108 valence electrons. The van der Waals surface area contributed by atoms with Crippen LogP contribution in [0.4, 0.5) is 0 Å². The zero-order chi connectivity index (χ0) is 13.5. The Kier molecular flexibility index (Phi) is 3.15. The van der Waals surface area contributed by atoms with Crippen LogP contribution in [0.1, 0.15) is 0 Å². The monoisotopic (exact) mass is 275 g/mol. The minimum atomic E-state index is 0.0372. The second-order valence-electron chi connectivity index (χ2n) is 5.81. The van der Waals surface area contributed by atoms with E-state index >= 15 is 0 Å². The van der Waals surface area contributed by atoms with Crippen molar-refractivity contribution in [1.82, 2.24) is 15.3 Å². The van der Waals surface area contributed by atoms with Crippen LogP contribution in [0, 0.1) is 0 Å². The lowest BCUT2D eigenvalue weighted by molar-refractivity contribution is -0.119. The summed E-state index contributed by atoms with van der Waals surface area (Å²) >= 11 is 0. The van der Waals surface area contributed by atoms with E-state index in [9.17, 15) is 0 Å². The Morgan fingerprint density at radius 1 is 1.20 bits per heavy atom. The van der Waals surface area contributed by atoms with Gasteiger partial charge in [-0.2, -0.15) is 0 Å². The first-order chi connectivity index (χ1) is 9.83. The number of fused-ring (bicyclic) bond motifs is 2. The van der Waals surface area contributed by atoms with Gasteiger partial charge in [0, 0.05) is 13.1 Å². The predicted molar refractivity (Wildman–Crippen MR) is 75.9 cm³/mol. The second kappa shape index (κ2) is 5.00. The van der Waals surface area contributed by atoms with Gasteiger partial charge in [-0.05, 0) is 12.6 Å². The molecule has 5 heteroatoms. The third kappa shape index (κ3) is 2.02. The number of hydrogen-bond donors (Lipinski definition) is 1. The van der Waals surface area contributed by atoms with Gasteiger partial charge in [0.25, 0.3) is 0 Å².